The van der Waals surface area contributed by atoms with Crippen LogP contribution in [0.4, 0.5) is 0 Å². The van der Waals surface area contributed by atoms with E-state index in [1.807, 2.05) is 31.2 Å². The highest BCUT2D eigenvalue weighted by molar-refractivity contribution is 6.15. The number of hydrogen-bond donors (Lipinski definition) is 3. The molecule has 3 heterocycles. The summed E-state index contributed by atoms with van der Waals surface area (Å²) in [5, 5.41) is 9.36. The van der Waals surface area contributed by atoms with E-state index in [-0.39, 0.29) is 16.7 Å². The second-order valence-electron chi connectivity index (χ2n) is 8.01. The van der Waals surface area contributed by atoms with Crippen molar-refractivity contribution in [2.45, 2.75) is 6.92 Å². The van der Waals surface area contributed by atoms with Crippen LogP contribution in [-0.4, -0.2) is 20.7 Å². The average molecular weight is 496 g/mol. The average Bonchev–Trinajstić information content (AvgIpc) is 3.54. The Bertz CT molecular complexity index is 2050. The Balaban J connectivity index is 0.000000212. The first-order valence-electron chi connectivity index (χ1n) is 10.8. The number of nitriles is 1. The van der Waals surface area contributed by atoms with Crippen molar-refractivity contribution in [1.82, 2.24) is 15.0 Å². The van der Waals surface area contributed by atoms with Crippen molar-refractivity contribution in [3.8, 4) is 6.07 Å². The molecule has 0 atom stereocenters. The monoisotopic (exact) mass is 496 g/mol. The molecule has 11 nitrogen and oxygen atoms in total. The first-order chi connectivity index (χ1) is 17.8. The molecule has 3 N–H and O–H groups in total. The second kappa shape index (κ2) is 9.20. The van der Waals surface area contributed by atoms with Crippen LogP contribution in [0.2, 0.25) is 0 Å². The highest BCUT2D eigenvalue weighted by Gasteiger charge is 2.14. The Morgan fingerprint density at radius 1 is 0.757 bits per heavy atom. The lowest BCUT2D eigenvalue weighted by molar-refractivity contribution is 0.104. The van der Waals surface area contributed by atoms with E-state index >= 15 is 0 Å². The fourth-order valence-corrected chi connectivity index (χ4v) is 3.66. The van der Waals surface area contributed by atoms with E-state index in [4.69, 9.17) is 13.3 Å². The molecule has 3 aromatic heterocycles. The van der Waals surface area contributed by atoms with Gasteiger partial charge in [-0.1, -0.05) is 12.1 Å². The maximum atomic E-state index is 12.6. The van der Waals surface area contributed by atoms with Gasteiger partial charge in [-0.15, -0.1) is 0 Å². The van der Waals surface area contributed by atoms with Gasteiger partial charge in [-0.05, 0) is 66.6 Å². The summed E-state index contributed by atoms with van der Waals surface area (Å²) in [7, 11) is 0. The van der Waals surface area contributed by atoms with Crippen LogP contribution in [-0.2, 0) is 0 Å². The highest BCUT2D eigenvalue weighted by atomic mass is 16.4. The first kappa shape index (κ1) is 23.1. The molecule has 0 bridgehead atoms. The molecule has 11 heteroatoms. The predicted octanol–water partition coefficient (Wildman–Crippen LogP) is 3.78. The summed E-state index contributed by atoms with van der Waals surface area (Å²) >= 11 is 0. The summed E-state index contributed by atoms with van der Waals surface area (Å²) in [6.07, 6.45) is 1.40. The predicted molar refractivity (Wildman–Crippen MR) is 133 cm³/mol. The molecule has 0 saturated carbocycles. The summed E-state index contributed by atoms with van der Waals surface area (Å²) < 4.78 is 14.7. The molecule has 0 amide bonds. The van der Waals surface area contributed by atoms with Gasteiger partial charge in [0, 0.05) is 5.56 Å². The largest absolute Gasteiger partial charge is 0.417 e. The zero-order chi connectivity index (χ0) is 26.1. The van der Waals surface area contributed by atoms with Gasteiger partial charge < -0.3 is 13.3 Å². The lowest BCUT2D eigenvalue weighted by Gasteiger charge is -2.00. The number of carbonyl (C=O) groups is 1. The third kappa shape index (κ3) is 4.80. The number of rotatable bonds is 3. The van der Waals surface area contributed by atoms with Gasteiger partial charge in [-0.25, -0.2) is 14.4 Å². The number of aryl methyl sites for hydroxylation is 1. The van der Waals surface area contributed by atoms with Crippen LogP contribution in [0.25, 0.3) is 39.4 Å². The lowest BCUT2D eigenvalue weighted by Crippen LogP contribution is -2.01. The maximum Gasteiger partial charge on any atom is 0.417 e. The maximum absolute atomic E-state index is 12.6. The molecular weight excluding hydrogens is 480 g/mol. The number of nitrogens with zero attached hydrogens (tertiary/aromatic N) is 1. The third-order valence-electron chi connectivity index (χ3n) is 5.38. The van der Waals surface area contributed by atoms with E-state index in [2.05, 4.69) is 15.0 Å². The van der Waals surface area contributed by atoms with E-state index in [1.165, 1.54) is 24.3 Å². The molecule has 0 saturated heterocycles. The van der Waals surface area contributed by atoms with E-state index in [9.17, 15) is 24.4 Å². The number of fused-ring (bicyclic) bond motifs is 3. The van der Waals surface area contributed by atoms with Crippen molar-refractivity contribution in [2.75, 3.05) is 0 Å². The van der Waals surface area contributed by atoms with E-state index in [0.717, 1.165) is 11.1 Å². The molecule has 0 aliphatic rings. The Morgan fingerprint density at radius 3 is 1.86 bits per heavy atom. The van der Waals surface area contributed by atoms with Gasteiger partial charge in [-0.2, -0.15) is 5.26 Å². The van der Waals surface area contributed by atoms with Gasteiger partial charge >= 0.3 is 17.3 Å². The van der Waals surface area contributed by atoms with E-state index in [1.54, 1.807) is 18.2 Å². The van der Waals surface area contributed by atoms with Crippen molar-refractivity contribution in [1.29, 1.82) is 5.26 Å². The summed E-state index contributed by atoms with van der Waals surface area (Å²) in [6.45, 7) is 1.95. The standard InChI is InChI=1S/C18H9N3O5.C8H7NO2/c19-8-11(5-9-1-3-12-14(6-9)25-17(23)20-12)16(22)10-2-4-13-15(7-10)26-18(24)21-13;1-5-2-3-6-7(4-5)11-8(10)9-6/h1-7H,(H,20,23)(H,21,24);2-4H,1H3,(H,9,10)/b11-5+;. The number of aromatic amines is 3. The van der Waals surface area contributed by atoms with Crippen LogP contribution in [0.5, 0.6) is 0 Å². The molecule has 0 radical (unpaired) electrons. The van der Waals surface area contributed by atoms with Crippen molar-refractivity contribution in [2.24, 2.45) is 0 Å². The molecule has 6 aromatic rings. The number of nitrogens with one attached hydrogen (secondary N) is 3. The van der Waals surface area contributed by atoms with E-state index in [0.29, 0.717) is 27.8 Å². The number of Topliss-reactive ketones (excluding diaryl/α,β-unsaturated/α-hetero) is 1. The molecule has 0 unspecified atom stereocenters. The highest BCUT2D eigenvalue weighted by Crippen LogP contribution is 2.19. The fraction of sp³-hybridized carbons (Fsp3) is 0.0385. The van der Waals surface area contributed by atoms with Crippen LogP contribution < -0.4 is 17.3 Å². The van der Waals surface area contributed by atoms with Crippen molar-refractivity contribution >= 4 is 45.2 Å². The van der Waals surface area contributed by atoms with Crippen molar-refractivity contribution in [3.63, 3.8) is 0 Å². The van der Waals surface area contributed by atoms with Crippen LogP contribution >= 0.6 is 0 Å². The normalized spacial score (nSPS) is 11.4. The zero-order valence-electron chi connectivity index (χ0n) is 19.1. The van der Waals surface area contributed by atoms with Gasteiger partial charge in [0.1, 0.15) is 11.6 Å². The van der Waals surface area contributed by atoms with Gasteiger partial charge in [0.15, 0.2) is 16.7 Å². The number of aromatic nitrogens is 3. The number of H-pyrrole nitrogens is 3. The molecule has 37 heavy (non-hydrogen) atoms. The Hall–Kier alpha value is -5.63. The SMILES string of the molecule is Cc1ccc2[nH]c(=O)oc2c1.N#C/C(=C\c1ccc2[nH]c(=O)oc2c1)C(=O)c1ccc2[nH]c(=O)oc2c1. The summed E-state index contributed by atoms with van der Waals surface area (Å²) in [5.74, 6) is -2.12. The van der Waals surface area contributed by atoms with Crippen LogP contribution in [0.15, 0.2) is 87.8 Å². The third-order valence-corrected chi connectivity index (χ3v) is 5.38. The topological polar surface area (TPSA) is 179 Å². The minimum atomic E-state index is -0.623. The van der Waals surface area contributed by atoms with Gasteiger partial charge in [0.05, 0.1) is 16.6 Å². The minimum Gasteiger partial charge on any atom is -0.408 e. The smallest absolute Gasteiger partial charge is 0.408 e. The van der Waals surface area contributed by atoms with E-state index < -0.39 is 23.1 Å². The number of allylic oxidation sites excluding steroid dienone is 1. The van der Waals surface area contributed by atoms with Crippen molar-refractivity contribution < 1.29 is 18.0 Å². The molecular formula is C26H16N4O7. The Kier molecular flexibility index (Phi) is 5.75. The van der Waals surface area contributed by atoms with Gasteiger partial charge in [0.25, 0.3) is 0 Å². The number of ketones is 1. The number of carbonyl (C=O) groups excluding carboxylic acids is 1. The van der Waals surface area contributed by atoms with Crippen LogP contribution in [0, 0.1) is 18.3 Å². The van der Waals surface area contributed by atoms with Crippen LogP contribution in [0.3, 0.4) is 0 Å². The summed E-state index contributed by atoms with van der Waals surface area (Å²) in [6, 6.07) is 16.7. The number of oxazole rings is 3. The number of benzene rings is 3. The Morgan fingerprint density at radius 2 is 1.27 bits per heavy atom. The first-order valence-corrected chi connectivity index (χ1v) is 10.8. The minimum absolute atomic E-state index is 0.112. The molecule has 182 valence electrons. The molecule has 0 fully saturated rings. The van der Waals surface area contributed by atoms with Gasteiger partial charge in [0.2, 0.25) is 5.78 Å². The quantitative estimate of drug-likeness (QED) is 0.188. The molecule has 0 spiro atoms. The van der Waals surface area contributed by atoms with Crippen molar-refractivity contribution in [3.05, 3.63) is 109 Å². The lowest BCUT2D eigenvalue weighted by atomic mass is 10.0. The molecule has 6 rings (SSSR count). The zero-order valence-corrected chi connectivity index (χ0v) is 19.1. The Labute approximate surface area is 205 Å². The van der Waals surface area contributed by atoms with Crippen LogP contribution in [0.1, 0.15) is 21.5 Å². The number of hydrogen-bond acceptors (Lipinski definition) is 8. The second-order valence-corrected chi connectivity index (χ2v) is 8.01. The molecule has 0 aliphatic heterocycles. The summed E-state index contributed by atoms with van der Waals surface area (Å²) in [5.41, 5.74) is 4.61. The molecule has 0 aliphatic carbocycles. The summed E-state index contributed by atoms with van der Waals surface area (Å²) in [4.78, 5) is 53.2. The molecule has 3 aromatic carbocycles. The van der Waals surface area contributed by atoms with Gasteiger partial charge in [-0.3, -0.25) is 19.7 Å². The fourth-order valence-electron chi connectivity index (χ4n) is 3.66.